The molecule has 0 amide bonds. The first-order valence-electron chi connectivity index (χ1n) is 4.79. The monoisotopic (exact) mass is 138 g/mol. The molecule has 0 heteroatoms. The van der Waals surface area contributed by atoms with Crippen LogP contribution in [0.2, 0.25) is 0 Å². The fourth-order valence-electron chi connectivity index (χ4n) is 2.81. The van der Waals surface area contributed by atoms with Gasteiger partial charge in [-0.1, -0.05) is 20.3 Å². The Morgan fingerprint density at radius 3 is 2.10 bits per heavy atom. The van der Waals surface area contributed by atoms with Crippen LogP contribution in [0.15, 0.2) is 0 Å². The number of rotatable bonds is 0. The SMILES string of the molecule is CC1C2CCC2CC[C@@H]1C. The highest BCUT2D eigenvalue weighted by molar-refractivity contribution is 4.90. The van der Waals surface area contributed by atoms with Gasteiger partial charge >= 0.3 is 0 Å². The molecule has 0 bridgehead atoms. The maximum absolute atomic E-state index is 2.46. The highest BCUT2D eigenvalue weighted by Gasteiger charge is 2.40. The van der Waals surface area contributed by atoms with E-state index in [0.717, 1.165) is 23.7 Å². The molecule has 0 spiro atoms. The molecule has 58 valence electrons. The third-order valence-electron chi connectivity index (χ3n) is 4.04. The van der Waals surface area contributed by atoms with E-state index in [4.69, 9.17) is 0 Å². The average molecular weight is 138 g/mol. The lowest BCUT2D eigenvalue weighted by Gasteiger charge is -2.47. The molecule has 0 heterocycles. The van der Waals surface area contributed by atoms with Crippen LogP contribution in [0.5, 0.6) is 0 Å². The summed E-state index contributed by atoms with van der Waals surface area (Å²) >= 11 is 0. The van der Waals surface area contributed by atoms with Crippen LogP contribution >= 0.6 is 0 Å². The quantitative estimate of drug-likeness (QED) is 0.482. The third-order valence-corrected chi connectivity index (χ3v) is 4.04. The molecule has 0 aromatic rings. The van der Waals surface area contributed by atoms with Crippen molar-refractivity contribution in [1.82, 2.24) is 0 Å². The van der Waals surface area contributed by atoms with E-state index in [2.05, 4.69) is 13.8 Å². The standard InChI is InChI=1S/C10H18/c1-7-3-4-9-5-6-10(9)8(7)2/h7-10H,3-6H2,1-2H3/t7-,8?,9?,10?/m0/s1. The van der Waals surface area contributed by atoms with Crippen LogP contribution in [0.1, 0.15) is 39.5 Å². The zero-order valence-electron chi connectivity index (χ0n) is 7.14. The summed E-state index contributed by atoms with van der Waals surface area (Å²) in [6, 6.07) is 0. The van der Waals surface area contributed by atoms with Crippen molar-refractivity contribution < 1.29 is 0 Å². The Bertz CT molecular complexity index is 122. The minimum absolute atomic E-state index is 1.02. The fourth-order valence-corrected chi connectivity index (χ4v) is 2.81. The zero-order valence-corrected chi connectivity index (χ0v) is 7.14. The Balaban J connectivity index is 2.01. The second-order valence-corrected chi connectivity index (χ2v) is 4.42. The highest BCUT2D eigenvalue weighted by atomic mass is 14.4. The van der Waals surface area contributed by atoms with Gasteiger partial charge in [0.05, 0.1) is 0 Å². The number of fused-ring (bicyclic) bond motifs is 1. The van der Waals surface area contributed by atoms with Crippen LogP contribution in [0.4, 0.5) is 0 Å². The molecule has 0 aliphatic heterocycles. The summed E-state index contributed by atoms with van der Waals surface area (Å²) in [6.45, 7) is 4.89. The van der Waals surface area contributed by atoms with E-state index in [1.165, 1.54) is 19.3 Å². The molecular weight excluding hydrogens is 120 g/mol. The lowest BCUT2D eigenvalue weighted by molar-refractivity contribution is 0.0269. The maximum atomic E-state index is 2.46. The second kappa shape index (κ2) is 2.25. The van der Waals surface area contributed by atoms with Gasteiger partial charge in [0.2, 0.25) is 0 Å². The molecule has 0 radical (unpaired) electrons. The first kappa shape index (κ1) is 6.69. The van der Waals surface area contributed by atoms with Gasteiger partial charge in [0.15, 0.2) is 0 Å². The Morgan fingerprint density at radius 2 is 1.60 bits per heavy atom. The van der Waals surface area contributed by atoms with Crippen LogP contribution in [-0.2, 0) is 0 Å². The summed E-state index contributed by atoms with van der Waals surface area (Å²) < 4.78 is 0. The zero-order chi connectivity index (χ0) is 7.14. The molecule has 0 aromatic heterocycles. The fraction of sp³-hybridized carbons (Fsp3) is 1.00. The third kappa shape index (κ3) is 0.810. The summed E-state index contributed by atoms with van der Waals surface area (Å²) in [5.74, 6) is 4.32. The van der Waals surface area contributed by atoms with Gasteiger partial charge in [0.25, 0.3) is 0 Å². The molecule has 2 aliphatic rings. The van der Waals surface area contributed by atoms with E-state index in [0.29, 0.717) is 0 Å². The Hall–Kier alpha value is 0. The molecule has 0 saturated heterocycles. The topological polar surface area (TPSA) is 0 Å². The van der Waals surface area contributed by atoms with Crippen molar-refractivity contribution in [1.29, 1.82) is 0 Å². The molecule has 2 rings (SSSR count). The molecule has 3 unspecified atom stereocenters. The van der Waals surface area contributed by atoms with Gasteiger partial charge in [-0.15, -0.1) is 0 Å². The number of hydrogen-bond donors (Lipinski definition) is 0. The highest BCUT2D eigenvalue weighted by Crippen LogP contribution is 2.49. The maximum Gasteiger partial charge on any atom is -0.0357 e. The van der Waals surface area contributed by atoms with Crippen LogP contribution in [0.3, 0.4) is 0 Å². The number of hydrogen-bond acceptors (Lipinski definition) is 0. The van der Waals surface area contributed by atoms with Crippen LogP contribution in [0.25, 0.3) is 0 Å². The minimum atomic E-state index is 1.02. The summed E-state index contributed by atoms with van der Waals surface area (Å²) in [7, 11) is 0. The smallest absolute Gasteiger partial charge is 0.0357 e. The lowest BCUT2D eigenvalue weighted by atomic mass is 9.58. The molecule has 2 saturated carbocycles. The predicted octanol–water partition coefficient (Wildman–Crippen LogP) is 3.08. The van der Waals surface area contributed by atoms with Crippen molar-refractivity contribution in [2.24, 2.45) is 23.7 Å². The van der Waals surface area contributed by atoms with Crippen LogP contribution in [-0.4, -0.2) is 0 Å². The molecule has 0 aromatic carbocycles. The second-order valence-electron chi connectivity index (χ2n) is 4.42. The van der Waals surface area contributed by atoms with E-state index < -0.39 is 0 Å². The molecular formula is C10H18. The molecule has 0 N–H and O–H groups in total. The van der Waals surface area contributed by atoms with Crippen LogP contribution < -0.4 is 0 Å². The van der Waals surface area contributed by atoms with E-state index in [9.17, 15) is 0 Å². The van der Waals surface area contributed by atoms with Crippen molar-refractivity contribution in [3.63, 3.8) is 0 Å². The molecule has 2 aliphatic carbocycles. The van der Waals surface area contributed by atoms with E-state index in [1.807, 2.05) is 0 Å². The summed E-state index contributed by atoms with van der Waals surface area (Å²) in [4.78, 5) is 0. The van der Waals surface area contributed by atoms with Gasteiger partial charge in [-0.3, -0.25) is 0 Å². The summed E-state index contributed by atoms with van der Waals surface area (Å²) in [5.41, 5.74) is 0. The Morgan fingerprint density at radius 1 is 0.900 bits per heavy atom. The lowest BCUT2D eigenvalue weighted by Crippen LogP contribution is -2.38. The molecule has 4 atom stereocenters. The average Bonchev–Trinajstić information content (AvgIpc) is 1.82. The van der Waals surface area contributed by atoms with E-state index >= 15 is 0 Å². The van der Waals surface area contributed by atoms with Gasteiger partial charge < -0.3 is 0 Å². The van der Waals surface area contributed by atoms with Gasteiger partial charge in [-0.25, -0.2) is 0 Å². The summed E-state index contributed by atoms with van der Waals surface area (Å²) in [5, 5.41) is 0. The predicted molar refractivity (Wildman–Crippen MR) is 43.8 cm³/mol. The molecule has 10 heavy (non-hydrogen) atoms. The van der Waals surface area contributed by atoms with Gasteiger partial charge in [0, 0.05) is 0 Å². The van der Waals surface area contributed by atoms with E-state index in [-0.39, 0.29) is 0 Å². The molecule has 0 nitrogen and oxygen atoms in total. The first-order chi connectivity index (χ1) is 4.79. The van der Waals surface area contributed by atoms with Gasteiger partial charge in [-0.05, 0) is 42.9 Å². The normalized spacial score (nSPS) is 53.4. The molecule has 2 fully saturated rings. The van der Waals surface area contributed by atoms with Crippen molar-refractivity contribution in [2.75, 3.05) is 0 Å². The van der Waals surface area contributed by atoms with Gasteiger partial charge in [0.1, 0.15) is 0 Å². The first-order valence-corrected chi connectivity index (χ1v) is 4.79. The Labute approximate surface area is 64.0 Å². The van der Waals surface area contributed by atoms with Crippen molar-refractivity contribution in [3.8, 4) is 0 Å². The van der Waals surface area contributed by atoms with Crippen molar-refractivity contribution in [2.45, 2.75) is 39.5 Å². The van der Waals surface area contributed by atoms with Crippen molar-refractivity contribution in [3.05, 3.63) is 0 Å². The van der Waals surface area contributed by atoms with Crippen LogP contribution in [0, 0.1) is 23.7 Å². The Kier molecular flexibility index (Phi) is 1.51. The summed E-state index contributed by atoms with van der Waals surface area (Å²) in [6.07, 6.45) is 6.12. The van der Waals surface area contributed by atoms with E-state index in [1.54, 1.807) is 6.42 Å². The van der Waals surface area contributed by atoms with Gasteiger partial charge in [-0.2, -0.15) is 0 Å². The van der Waals surface area contributed by atoms with Crippen molar-refractivity contribution >= 4 is 0 Å². The largest absolute Gasteiger partial charge is 0.0622 e. The minimum Gasteiger partial charge on any atom is -0.0622 e.